The summed E-state index contributed by atoms with van der Waals surface area (Å²) in [6.07, 6.45) is 4.76. The van der Waals surface area contributed by atoms with Crippen molar-refractivity contribution in [2.45, 2.75) is 25.9 Å². The number of hydrogen-bond donors (Lipinski definition) is 0. The Morgan fingerprint density at radius 2 is 0.569 bits per heavy atom. The Morgan fingerprint density at radius 3 is 0.824 bits per heavy atom. The molecule has 258 valence electrons. The summed E-state index contributed by atoms with van der Waals surface area (Å²) in [5.41, 5.74) is 1.39. The lowest BCUT2D eigenvalue weighted by Gasteiger charge is -2.27. The Labute approximate surface area is 323 Å². The standard InChI is InChI=1S/C25H22P.C22H24P.BrH.ClH/c1-5-13-22(14-6-1)21-26(23-15-7-2-8-16-23,24-17-9-3-10-18-24)25-19-11-4-12-20-25;1-2-3-19-23(20-13-7-4-8-14-20,21-15-9-5-10-16-21)22-17-11-6-12-18-22;;/h1-20H,21H2;4-18H,2-3,19H2,1H3;2*1H/q2*+1;;/p-2. The molecule has 0 N–H and O–H groups in total. The van der Waals surface area contributed by atoms with E-state index in [1.54, 1.807) is 0 Å². The first-order valence-electron chi connectivity index (χ1n) is 17.4. The summed E-state index contributed by atoms with van der Waals surface area (Å²) in [5, 5.41) is 8.77. The van der Waals surface area contributed by atoms with E-state index in [0.29, 0.717) is 0 Å². The maximum absolute atomic E-state index is 2.32. The number of halogens is 2. The summed E-state index contributed by atoms with van der Waals surface area (Å²) >= 11 is 0. The highest BCUT2D eigenvalue weighted by Crippen LogP contribution is 2.58. The van der Waals surface area contributed by atoms with E-state index >= 15 is 0 Å². The van der Waals surface area contributed by atoms with E-state index in [4.69, 9.17) is 0 Å². The second kappa shape index (κ2) is 20.3. The molecule has 0 saturated carbocycles. The minimum Gasteiger partial charge on any atom is -1.00 e. The van der Waals surface area contributed by atoms with Crippen molar-refractivity contribution in [2.24, 2.45) is 0 Å². The molecule has 7 aromatic rings. The van der Waals surface area contributed by atoms with Crippen molar-refractivity contribution < 1.29 is 29.4 Å². The fraction of sp³-hybridized carbons (Fsp3) is 0.106. The SMILES string of the molecule is CCCC[P+](c1ccccc1)(c1ccccc1)c1ccccc1.[Br-].[Cl-].c1ccc(C[P+](c2ccccc2)(c2ccccc2)c2ccccc2)cc1. The summed E-state index contributed by atoms with van der Waals surface area (Å²) in [5.74, 6) is 0. The summed E-state index contributed by atoms with van der Waals surface area (Å²) in [6.45, 7) is 2.29. The van der Waals surface area contributed by atoms with Crippen molar-refractivity contribution in [1.82, 2.24) is 0 Å². The van der Waals surface area contributed by atoms with Gasteiger partial charge in [-0.15, -0.1) is 0 Å². The van der Waals surface area contributed by atoms with Gasteiger partial charge in [0.25, 0.3) is 0 Å². The van der Waals surface area contributed by atoms with E-state index in [0.717, 1.165) is 6.16 Å². The van der Waals surface area contributed by atoms with Gasteiger partial charge in [-0.2, -0.15) is 0 Å². The van der Waals surface area contributed by atoms with Crippen LogP contribution in [0, 0.1) is 0 Å². The van der Waals surface area contributed by atoms with Gasteiger partial charge in [-0.1, -0.05) is 153 Å². The minimum atomic E-state index is -1.78. The van der Waals surface area contributed by atoms with Crippen LogP contribution in [-0.4, -0.2) is 6.16 Å². The lowest BCUT2D eigenvalue weighted by Crippen LogP contribution is -3.00. The zero-order valence-corrected chi connectivity index (χ0v) is 33.3. The largest absolute Gasteiger partial charge is 1.00 e. The van der Waals surface area contributed by atoms with Crippen LogP contribution in [0.25, 0.3) is 0 Å². The van der Waals surface area contributed by atoms with Crippen LogP contribution in [0.4, 0.5) is 0 Å². The van der Waals surface area contributed by atoms with Gasteiger partial charge in [-0.3, -0.25) is 0 Å². The van der Waals surface area contributed by atoms with Crippen molar-refractivity contribution in [3.8, 4) is 0 Å². The molecular formula is C47H46BrClP2. The highest BCUT2D eigenvalue weighted by Gasteiger charge is 2.46. The molecular weight excluding hydrogens is 742 g/mol. The normalized spacial score (nSPS) is 10.8. The molecule has 0 aliphatic heterocycles. The molecule has 51 heavy (non-hydrogen) atoms. The second-order valence-electron chi connectivity index (χ2n) is 12.4. The first kappa shape index (κ1) is 39.9. The Balaban J connectivity index is 0.000000222. The van der Waals surface area contributed by atoms with Gasteiger partial charge in [0.15, 0.2) is 0 Å². The highest BCUT2D eigenvalue weighted by molar-refractivity contribution is 7.96. The molecule has 0 amide bonds. The van der Waals surface area contributed by atoms with Crippen LogP contribution >= 0.6 is 14.5 Å². The molecule has 0 heterocycles. The van der Waals surface area contributed by atoms with E-state index in [1.165, 1.54) is 56.4 Å². The van der Waals surface area contributed by atoms with E-state index in [-0.39, 0.29) is 29.4 Å². The third kappa shape index (κ3) is 9.35. The third-order valence-corrected chi connectivity index (χ3v) is 18.2. The van der Waals surface area contributed by atoms with Crippen LogP contribution in [0.15, 0.2) is 212 Å². The molecule has 0 bridgehead atoms. The van der Waals surface area contributed by atoms with Gasteiger partial charge in [0.2, 0.25) is 0 Å². The van der Waals surface area contributed by atoms with E-state index in [9.17, 15) is 0 Å². The maximum atomic E-state index is 2.32. The van der Waals surface area contributed by atoms with Gasteiger partial charge in [-0.25, -0.2) is 0 Å². The van der Waals surface area contributed by atoms with Gasteiger partial charge in [0, 0.05) is 0 Å². The van der Waals surface area contributed by atoms with Gasteiger partial charge in [0.05, 0.1) is 12.3 Å². The number of unbranched alkanes of at least 4 members (excludes halogenated alkanes) is 1. The second-order valence-corrected chi connectivity index (χ2v) is 19.5. The number of benzene rings is 7. The molecule has 0 unspecified atom stereocenters. The monoisotopic (exact) mass is 786 g/mol. The lowest BCUT2D eigenvalue weighted by molar-refractivity contribution is -0.001000. The molecule has 0 atom stereocenters. The molecule has 7 rings (SSSR count). The topological polar surface area (TPSA) is 0 Å². The molecule has 0 aliphatic carbocycles. The van der Waals surface area contributed by atoms with Gasteiger partial charge in [-0.05, 0) is 84.8 Å². The number of rotatable bonds is 11. The predicted octanol–water partition coefficient (Wildman–Crippen LogP) is 3.97. The Kier molecular flexibility index (Phi) is 15.9. The van der Waals surface area contributed by atoms with Crippen LogP contribution < -0.4 is 61.2 Å². The van der Waals surface area contributed by atoms with Crippen molar-refractivity contribution in [2.75, 3.05) is 6.16 Å². The predicted molar refractivity (Wildman–Crippen MR) is 220 cm³/mol. The van der Waals surface area contributed by atoms with Crippen molar-refractivity contribution in [1.29, 1.82) is 0 Å². The zero-order chi connectivity index (χ0) is 33.6. The van der Waals surface area contributed by atoms with Crippen LogP contribution in [-0.2, 0) is 6.16 Å². The molecule has 0 nitrogen and oxygen atoms in total. The van der Waals surface area contributed by atoms with E-state index in [2.05, 4.69) is 219 Å². The Hall–Kier alpha value is -3.83. The summed E-state index contributed by atoms with van der Waals surface area (Å²) in [6, 6.07) is 77.4. The van der Waals surface area contributed by atoms with Crippen LogP contribution in [0.1, 0.15) is 25.3 Å². The molecule has 0 saturated heterocycles. The summed E-state index contributed by atoms with van der Waals surface area (Å²) in [4.78, 5) is 0. The summed E-state index contributed by atoms with van der Waals surface area (Å²) in [7, 11) is -3.34. The summed E-state index contributed by atoms with van der Waals surface area (Å²) < 4.78 is 0. The number of hydrogen-bond acceptors (Lipinski definition) is 0. The molecule has 0 aliphatic rings. The Morgan fingerprint density at radius 1 is 0.333 bits per heavy atom. The minimum absolute atomic E-state index is 0. The van der Waals surface area contributed by atoms with Crippen molar-refractivity contribution in [3.63, 3.8) is 0 Å². The highest BCUT2D eigenvalue weighted by atomic mass is 79.9. The molecule has 4 heteroatoms. The smallest absolute Gasteiger partial charge is 0.116 e. The van der Waals surface area contributed by atoms with Gasteiger partial charge in [0.1, 0.15) is 46.4 Å². The maximum Gasteiger partial charge on any atom is 0.116 e. The van der Waals surface area contributed by atoms with Crippen molar-refractivity contribution >= 4 is 46.4 Å². The third-order valence-electron chi connectivity index (χ3n) is 9.29. The molecule has 0 radical (unpaired) electrons. The van der Waals surface area contributed by atoms with Crippen LogP contribution in [0.3, 0.4) is 0 Å². The van der Waals surface area contributed by atoms with Crippen LogP contribution in [0.2, 0.25) is 0 Å². The zero-order valence-electron chi connectivity index (χ0n) is 29.2. The first-order valence-corrected chi connectivity index (χ1v) is 21.4. The molecule has 7 aromatic carbocycles. The van der Waals surface area contributed by atoms with Crippen LogP contribution in [0.5, 0.6) is 0 Å². The van der Waals surface area contributed by atoms with E-state index < -0.39 is 14.5 Å². The Bertz CT molecular complexity index is 1750. The van der Waals surface area contributed by atoms with Gasteiger partial charge >= 0.3 is 0 Å². The van der Waals surface area contributed by atoms with E-state index in [1.807, 2.05) is 0 Å². The molecule has 0 spiro atoms. The average Bonchev–Trinajstić information content (AvgIpc) is 3.20. The molecule has 0 aromatic heterocycles. The van der Waals surface area contributed by atoms with Gasteiger partial charge < -0.3 is 29.4 Å². The first-order chi connectivity index (χ1) is 24.3. The fourth-order valence-corrected chi connectivity index (χ4v) is 15.6. The molecule has 0 fully saturated rings. The fourth-order valence-electron chi connectivity index (χ4n) is 6.90. The lowest BCUT2D eigenvalue weighted by atomic mass is 10.2. The van der Waals surface area contributed by atoms with Crippen molar-refractivity contribution in [3.05, 3.63) is 218 Å². The quantitative estimate of drug-likeness (QED) is 0.175. The average molecular weight is 788 g/mol.